The van der Waals surface area contributed by atoms with Crippen LogP contribution in [-0.4, -0.2) is 35.0 Å². The Balaban J connectivity index is 0.00000112. The molecule has 0 N–H and O–H groups in total. The Morgan fingerprint density at radius 1 is 1.53 bits per heavy atom. The highest BCUT2D eigenvalue weighted by molar-refractivity contribution is 8.00. The topological polar surface area (TPSA) is 20.3 Å². The Morgan fingerprint density at radius 2 is 2.33 bits per heavy atom. The monoisotopic (exact) mass is 246 g/mol. The van der Waals surface area contributed by atoms with Crippen LogP contribution in [0.4, 0.5) is 0 Å². The lowest BCUT2D eigenvalue weighted by Crippen LogP contribution is -3.00. The molecule has 2 aliphatic rings. The van der Waals surface area contributed by atoms with Crippen molar-refractivity contribution in [2.45, 2.75) is 12.8 Å². The third kappa shape index (κ3) is 2.77. The van der Waals surface area contributed by atoms with Gasteiger partial charge in [0.05, 0.1) is 20.0 Å². The number of nitrogens with zero attached hydrogens (tertiary/aromatic N) is 2. The third-order valence-corrected chi connectivity index (χ3v) is 3.52. The molecule has 0 aliphatic carbocycles. The fourth-order valence-corrected chi connectivity index (χ4v) is 2.63. The Kier molecular flexibility index (Phi) is 4.25. The quantitative estimate of drug-likeness (QED) is 0.447. The smallest absolute Gasteiger partial charge is 0.315 e. The summed E-state index contributed by atoms with van der Waals surface area (Å²) in [5.74, 6) is 0.369. The molecular weight excluding hydrogens is 232 g/mol. The second-order valence-electron chi connectivity index (χ2n) is 3.95. The van der Waals surface area contributed by atoms with E-state index in [9.17, 15) is 4.79 Å². The SMILES string of the molecule is C[N+]1(CN2C=CC=CS2)CCCC1=O.[Cl-]. The summed E-state index contributed by atoms with van der Waals surface area (Å²) in [4.78, 5) is 11.7. The van der Waals surface area contributed by atoms with E-state index < -0.39 is 0 Å². The molecule has 1 atom stereocenters. The summed E-state index contributed by atoms with van der Waals surface area (Å²) in [7, 11) is 2.03. The van der Waals surface area contributed by atoms with Crippen molar-refractivity contribution in [1.29, 1.82) is 0 Å². The molecule has 2 rings (SSSR count). The summed E-state index contributed by atoms with van der Waals surface area (Å²) in [6, 6.07) is 0. The molecule has 5 heteroatoms. The minimum atomic E-state index is 0. The van der Waals surface area contributed by atoms with Crippen LogP contribution in [0, 0.1) is 0 Å². The van der Waals surface area contributed by atoms with Crippen LogP contribution < -0.4 is 12.4 Å². The molecule has 0 aromatic rings. The van der Waals surface area contributed by atoms with Gasteiger partial charge in [-0.2, -0.15) is 0 Å². The van der Waals surface area contributed by atoms with Crippen LogP contribution in [0.5, 0.6) is 0 Å². The molecule has 1 amide bonds. The second kappa shape index (κ2) is 5.05. The summed E-state index contributed by atoms with van der Waals surface area (Å²) in [6.45, 7) is 1.76. The Labute approximate surface area is 101 Å². The molecule has 0 spiro atoms. The number of halogens is 1. The van der Waals surface area contributed by atoms with Crippen LogP contribution in [0.25, 0.3) is 0 Å². The molecule has 2 heterocycles. The fraction of sp³-hybridized carbons (Fsp3) is 0.500. The summed E-state index contributed by atoms with van der Waals surface area (Å²) in [5, 5.41) is 2.03. The Hall–Kier alpha value is -0.450. The molecule has 0 bridgehead atoms. The van der Waals surface area contributed by atoms with Gasteiger partial charge in [0, 0.05) is 12.6 Å². The van der Waals surface area contributed by atoms with Crippen molar-refractivity contribution in [3.63, 3.8) is 0 Å². The first-order chi connectivity index (χ1) is 6.71. The van der Waals surface area contributed by atoms with E-state index in [1.54, 1.807) is 11.9 Å². The van der Waals surface area contributed by atoms with Gasteiger partial charge in [0.1, 0.15) is 0 Å². The molecule has 0 saturated carbocycles. The highest BCUT2D eigenvalue weighted by Gasteiger charge is 2.38. The number of carbonyl (C=O) groups is 1. The van der Waals surface area contributed by atoms with Crippen LogP contribution in [0.1, 0.15) is 12.8 Å². The lowest BCUT2D eigenvalue weighted by atomic mass is 10.4. The molecule has 15 heavy (non-hydrogen) atoms. The predicted molar refractivity (Wildman–Crippen MR) is 57.9 cm³/mol. The zero-order valence-corrected chi connectivity index (χ0v) is 10.3. The van der Waals surface area contributed by atoms with Crippen LogP contribution in [0.15, 0.2) is 23.8 Å². The standard InChI is InChI=1S/C10H15N2OS.ClH/c1-12(7-4-5-10(12)13)9-11-6-2-3-8-14-11;/h2-3,6,8H,4-5,7,9H2,1H3;1H/q+1;/p-1. The molecular formula is C10H15ClN2OS. The number of likely N-dealkylation sites (tertiary alicyclic amines) is 1. The van der Waals surface area contributed by atoms with E-state index in [-0.39, 0.29) is 12.4 Å². The van der Waals surface area contributed by atoms with Gasteiger partial charge in [-0.3, -0.25) is 4.31 Å². The number of amides is 1. The second-order valence-corrected chi connectivity index (χ2v) is 4.90. The average Bonchev–Trinajstić information content (AvgIpc) is 2.48. The van der Waals surface area contributed by atoms with E-state index in [4.69, 9.17) is 0 Å². The van der Waals surface area contributed by atoms with Crippen LogP contribution in [0.2, 0.25) is 0 Å². The van der Waals surface area contributed by atoms with E-state index in [1.165, 1.54) is 0 Å². The van der Waals surface area contributed by atoms with E-state index in [1.807, 2.05) is 30.8 Å². The summed E-state index contributed by atoms with van der Waals surface area (Å²) >= 11 is 1.65. The minimum absolute atomic E-state index is 0. The van der Waals surface area contributed by atoms with Gasteiger partial charge >= 0.3 is 5.91 Å². The van der Waals surface area contributed by atoms with Gasteiger partial charge in [-0.05, 0) is 23.4 Å². The molecule has 0 radical (unpaired) electrons. The van der Waals surface area contributed by atoms with E-state index in [2.05, 4.69) is 4.31 Å². The highest BCUT2D eigenvalue weighted by atomic mass is 35.5. The van der Waals surface area contributed by atoms with Gasteiger partial charge < -0.3 is 12.4 Å². The van der Waals surface area contributed by atoms with Crippen molar-refractivity contribution in [2.24, 2.45) is 0 Å². The highest BCUT2D eigenvalue weighted by Crippen LogP contribution is 2.24. The average molecular weight is 247 g/mol. The maximum Gasteiger partial charge on any atom is 0.315 e. The van der Waals surface area contributed by atoms with Crippen LogP contribution in [-0.2, 0) is 4.79 Å². The molecule has 1 saturated heterocycles. The van der Waals surface area contributed by atoms with Gasteiger partial charge in [0.2, 0.25) is 0 Å². The zero-order valence-electron chi connectivity index (χ0n) is 8.73. The largest absolute Gasteiger partial charge is 1.00 e. The molecule has 2 aliphatic heterocycles. The van der Waals surface area contributed by atoms with Crippen molar-refractivity contribution in [2.75, 3.05) is 20.3 Å². The Bertz CT molecular complexity index is 306. The summed E-state index contributed by atoms with van der Waals surface area (Å²) in [5.41, 5.74) is 0. The third-order valence-electron chi connectivity index (χ3n) is 2.73. The Morgan fingerprint density at radius 3 is 2.87 bits per heavy atom. The van der Waals surface area contributed by atoms with Crippen molar-refractivity contribution in [3.05, 3.63) is 23.8 Å². The van der Waals surface area contributed by atoms with Gasteiger partial charge in [-0.15, -0.1) is 0 Å². The molecule has 3 nitrogen and oxygen atoms in total. The number of quaternary nitrogens is 1. The van der Waals surface area contributed by atoms with Crippen LogP contribution >= 0.6 is 11.9 Å². The normalized spacial score (nSPS) is 29.4. The van der Waals surface area contributed by atoms with Crippen molar-refractivity contribution >= 4 is 17.9 Å². The van der Waals surface area contributed by atoms with Gasteiger partial charge in [-0.25, -0.2) is 9.28 Å². The first kappa shape index (κ1) is 12.6. The number of hydrogen-bond donors (Lipinski definition) is 0. The number of carbonyl (C=O) groups excluding carboxylic acids is 1. The number of rotatable bonds is 2. The van der Waals surface area contributed by atoms with Crippen LogP contribution in [0.3, 0.4) is 0 Å². The summed E-state index contributed by atoms with van der Waals surface area (Å²) < 4.78 is 2.68. The predicted octanol–water partition coefficient (Wildman–Crippen LogP) is -1.29. The van der Waals surface area contributed by atoms with Gasteiger partial charge in [0.15, 0.2) is 6.67 Å². The number of allylic oxidation sites excluding steroid dienone is 2. The molecule has 0 aromatic heterocycles. The fourth-order valence-electron chi connectivity index (χ4n) is 1.85. The lowest BCUT2D eigenvalue weighted by Gasteiger charge is -2.31. The lowest BCUT2D eigenvalue weighted by molar-refractivity contribution is -0.833. The molecule has 1 unspecified atom stereocenters. The van der Waals surface area contributed by atoms with E-state index in [0.29, 0.717) is 10.4 Å². The maximum absolute atomic E-state index is 11.7. The van der Waals surface area contributed by atoms with Crippen molar-refractivity contribution in [3.8, 4) is 0 Å². The van der Waals surface area contributed by atoms with E-state index >= 15 is 0 Å². The van der Waals surface area contributed by atoms with Gasteiger partial charge in [-0.1, -0.05) is 6.08 Å². The molecule has 84 valence electrons. The van der Waals surface area contributed by atoms with Gasteiger partial charge in [0.25, 0.3) is 0 Å². The first-order valence-electron chi connectivity index (χ1n) is 4.85. The maximum atomic E-state index is 11.7. The summed E-state index contributed by atoms with van der Waals surface area (Å²) in [6.07, 6.45) is 7.82. The molecule has 0 aromatic carbocycles. The van der Waals surface area contributed by atoms with Crippen molar-refractivity contribution in [1.82, 2.24) is 4.31 Å². The number of hydrogen-bond acceptors (Lipinski definition) is 3. The van der Waals surface area contributed by atoms with E-state index in [0.717, 1.165) is 26.1 Å². The zero-order chi connectivity index (χ0) is 10.0. The first-order valence-corrected chi connectivity index (χ1v) is 5.69. The minimum Gasteiger partial charge on any atom is -1.00 e. The van der Waals surface area contributed by atoms with Crippen molar-refractivity contribution < 1.29 is 21.7 Å². The molecule has 1 fully saturated rings.